The first-order valence-corrected chi connectivity index (χ1v) is 8.14. The molecule has 4 rings (SSSR count). The number of pyridine rings is 1. The molecule has 0 saturated heterocycles. The van der Waals surface area contributed by atoms with Crippen LogP contribution in [0.1, 0.15) is 29.9 Å². The van der Waals surface area contributed by atoms with Gasteiger partial charge in [0.15, 0.2) is 5.43 Å². The molecular formula is C20H16F3NO. The maximum absolute atomic E-state index is 13.3. The van der Waals surface area contributed by atoms with Crippen molar-refractivity contribution in [2.75, 3.05) is 0 Å². The normalized spacial score (nSPS) is 16.8. The fraction of sp³-hybridized carbons (Fsp3) is 0.250. The summed E-state index contributed by atoms with van der Waals surface area (Å²) >= 11 is 0. The molecular weight excluding hydrogens is 327 g/mol. The van der Waals surface area contributed by atoms with Gasteiger partial charge in [-0.1, -0.05) is 18.2 Å². The van der Waals surface area contributed by atoms with Crippen LogP contribution in [0.2, 0.25) is 0 Å². The van der Waals surface area contributed by atoms with E-state index >= 15 is 0 Å². The van der Waals surface area contributed by atoms with Gasteiger partial charge in [0, 0.05) is 41.1 Å². The van der Waals surface area contributed by atoms with Gasteiger partial charge in [0.2, 0.25) is 5.92 Å². The van der Waals surface area contributed by atoms with E-state index in [0.717, 1.165) is 16.7 Å². The molecule has 1 aliphatic rings. The lowest BCUT2D eigenvalue weighted by molar-refractivity contribution is -0.0867. The van der Waals surface area contributed by atoms with E-state index in [1.165, 1.54) is 24.3 Å². The molecule has 0 amide bonds. The summed E-state index contributed by atoms with van der Waals surface area (Å²) in [5.74, 6) is -3.11. The van der Waals surface area contributed by atoms with Crippen molar-refractivity contribution in [3.05, 3.63) is 69.6 Å². The van der Waals surface area contributed by atoms with Gasteiger partial charge in [0.05, 0.1) is 0 Å². The molecule has 25 heavy (non-hydrogen) atoms. The molecule has 1 saturated carbocycles. The smallest absolute Gasteiger partial charge is 0.249 e. The minimum atomic E-state index is -2.55. The van der Waals surface area contributed by atoms with E-state index in [4.69, 9.17) is 0 Å². The quantitative estimate of drug-likeness (QED) is 0.685. The van der Waals surface area contributed by atoms with Crippen molar-refractivity contribution in [1.29, 1.82) is 0 Å². The van der Waals surface area contributed by atoms with E-state index in [9.17, 15) is 18.0 Å². The molecule has 1 N–H and O–H groups in total. The number of rotatable bonds is 2. The SMILES string of the molecule is Cc1cc(C2CC(F)(F)C2)ccc1-c1cc(=O)c2cc(F)ccc2[nH]1. The fourth-order valence-corrected chi connectivity index (χ4v) is 3.50. The van der Waals surface area contributed by atoms with Gasteiger partial charge in [-0.15, -0.1) is 0 Å². The Balaban J connectivity index is 1.74. The van der Waals surface area contributed by atoms with Gasteiger partial charge in [-0.05, 0) is 42.2 Å². The van der Waals surface area contributed by atoms with Crippen molar-refractivity contribution in [1.82, 2.24) is 4.98 Å². The Labute approximate surface area is 142 Å². The molecule has 128 valence electrons. The number of H-pyrrole nitrogens is 1. The van der Waals surface area contributed by atoms with Crippen molar-refractivity contribution in [3.63, 3.8) is 0 Å². The molecule has 5 heteroatoms. The second kappa shape index (κ2) is 5.48. The second-order valence-electron chi connectivity index (χ2n) is 6.77. The topological polar surface area (TPSA) is 32.9 Å². The summed E-state index contributed by atoms with van der Waals surface area (Å²) in [6.07, 6.45) is -0.214. The van der Waals surface area contributed by atoms with Crippen LogP contribution in [0.25, 0.3) is 22.2 Å². The van der Waals surface area contributed by atoms with E-state index < -0.39 is 11.7 Å². The van der Waals surface area contributed by atoms with Crippen LogP contribution in [0.5, 0.6) is 0 Å². The highest BCUT2D eigenvalue weighted by Gasteiger charge is 2.45. The number of aryl methyl sites for hydroxylation is 1. The Kier molecular flexibility index (Phi) is 3.49. The third-order valence-corrected chi connectivity index (χ3v) is 4.89. The highest BCUT2D eigenvalue weighted by molar-refractivity contribution is 5.82. The summed E-state index contributed by atoms with van der Waals surface area (Å²) in [6.45, 7) is 1.89. The molecule has 1 aromatic heterocycles. The van der Waals surface area contributed by atoms with Gasteiger partial charge in [-0.2, -0.15) is 0 Å². The lowest BCUT2D eigenvalue weighted by Gasteiger charge is -2.35. The lowest BCUT2D eigenvalue weighted by atomic mass is 9.76. The van der Waals surface area contributed by atoms with Crippen LogP contribution in [-0.4, -0.2) is 10.9 Å². The van der Waals surface area contributed by atoms with Crippen molar-refractivity contribution >= 4 is 10.9 Å². The van der Waals surface area contributed by atoms with Gasteiger partial charge in [-0.25, -0.2) is 13.2 Å². The second-order valence-corrected chi connectivity index (χ2v) is 6.77. The van der Waals surface area contributed by atoms with E-state index in [2.05, 4.69) is 4.98 Å². The third kappa shape index (κ3) is 2.84. The first-order chi connectivity index (χ1) is 11.8. The number of benzene rings is 2. The minimum absolute atomic E-state index is 0.107. The first kappa shape index (κ1) is 15.9. The first-order valence-electron chi connectivity index (χ1n) is 8.14. The zero-order valence-corrected chi connectivity index (χ0v) is 13.6. The maximum atomic E-state index is 13.3. The molecule has 0 radical (unpaired) electrons. The van der Waals surface area contributed by atoms with Crippen molar-refractivity contribution in [2.45, 2.75) is 31.6 Å². The molecule has 2 nitrogen and oxygen atoms in total. The summed E-state index contributed by atoms with van der Waals surface area (Å²) in [5, 5.41) is 0.301. The molecule has 1 aliphatic carbocycles. The van der Waals surface area contributed by atoms with E-state index in [-0.39, 0.29) is 24.2 Å². The van der Waals surface area contributed by atoms with E-state index in [1.807, 2.05) is 25.1 Å². The lowest BCUT2D eigenvalue weighted by Crippen LogP contribution is -2.33. The summed E-state index contributed by atoms with van der Waals surface area (Å²) in [4.78, 5) is 15.4. The van der Waals surface area contributed by atoms with Crippen LogP contribution in [-0.2, 0) is 0 Å². The zero-order chi connectivity index (χ0) is 17.8. The zero-order valence-electron chi connectivity index (χ0n) is 13.6. The number of alkyl halides is 2. The van der Waals surface area contributed by atoms with Crippen LogP contribution in [0.4, 0.5) is 13.2 Å². The van der Waals surface area contributed by atoms with Gasteiger partial charge >= 0.3 is 0 Å². The number of hydrogen-bond acceptors (Lipinski definition) is 1. The van der Waals surface area contributed by atoms with Gasteiger partial charge in [0.25, 0.3) is 0 Å². The predicted molar refractivity (Wildman–Crippen MR) is 91.6 cm³/mol. The summed E-state index contributed by atoms with van der Waals surface area (Å²) in [7, 11) is 0. The number of nitrogens with one attached hydrogen (secondary N) is 1. The van der Waals surface area contributed by atoms with Gasteiger partial charge in [0.1, 0.15) is 5.82 Å². The molecule has 1 fully saturated rings. The van der Waals surface area contributed by atoms with Crippen molar-refractivity contribution < 1.29 is 13.2 Å². The van der Waals surface area contributed by atoms with Gasteiger partial charge < -0.3 is 4.98 Å². The largest absolute Gasteiger partial charge is 0.354 e. The highest BCUT2D eigenvalue weighted by Crippen LogP contribution is 2.48. The molecule has 0 unspecified atom stereocenters. The standard InChI is InChI=1S/C20H16F3NO/c1-11-6-12(13-9-20(22,23)10-13)2-4-15(11)18-8-19(25)16-7-14(21)3-5-17(16)24-18/h2-8,13H,9-10H2,1H3,(H,24,25). The monoisotopic (exact) mass is 343 g/mol. The van der Waals surface area contributed by atoms with Crippen LogP contribution < -0.4 is 5.43 Å². The number of aromatic amines is 1. The Morgan fingerprint density at radius 2 is 1.84 bits per heavy atom. The van der Waals surface area contributed by atoms with Crippen LogP contribution in [0.3, 0.4) is 0 Å². The average molecular weight is 343 g/mol. The third-order valence-electron chi connectivity index (χ3n) is 4.89. The number of halogens is 3. The van der Waals surface area contributed by atoms with Crippen LogP contribution >= 0.6 is 0 Å². The number of hydrogen-bond donors (Lipinski definition) is 1. The predicted octanol–water partition coefficient (Wildman–Crippen LogP) is 5.16. The molecule has 0 atom stereocenters. The molecule has 0 bridgehead atoms. The highest BCUT2D eigenvalue weighted by atomic mass is 19.3. The Hall–Kier alpha value is -2.56. The molecule has 0 aliphatic heterocycles. The summed E-state index contributed by atoms with van der Waals surface area (Å²) in [5.41, 5.74) is 3.57. The maximum Gasteiger partial charge on any atom is 0.249 e. The van der Waals surface area contributed by atoms with E-state index in [0.29, 0.717) is 16.6 Å². The minimum Gasteiger partial charge on any atom is -0.354 e. The Morgan fingerprint density at radius 3 is 2.52 bits per heavy atom. The Bertz CT molecular complexity index is 1030. The molecule has 0 spiro atoms. The Morgan fingerprint density at radius 1 is 1.08 bits per heavy atom. The molecule has 3 aromatic rings. The van der Waals surface area contributed by atoms with Gasteiger partial charge in [-0.3, -0.25) is 4.79 Å². The number of aromatic nitrogens is 1. The summed E-state index contributed by atoms with van der Waals surface area (Å²) < 4.78 is 39.5. The van der Waals surface area contributed by atoms with E-state index in [1.54, 1.807) is 0 Å². The average Bonchev–Trinajstić information content (AvgIpc) is 2.53. The van der Waals surface area contributed by atoms with Crippen molar-refractivity contribution in [2.24, 2.45) is 0 Å². The van der Waals surface area contributed by atoms with Crippen molar-refractivity contribution in [3.8, 4) is 11.3 Å². The summed E-state index contributed by atoms with van der Waals surface area (Å²) in [6, 6.07) is 11.1. The number of fused-ring (bicyclic) bond motifs is 1. The fourth-order valence-electron chi connectivity index (χ4n) is 3.50. The van der Waals surface area contributed by atoms with Crippen LogP contribution in [0, 0.1) is 12.7 Å². The molecule has 1 heterocycles. The van der Waals surface area contributed by atoms with Crippen LogP contribution in [0.15, 0.2) is 47.3 Å². The molecule has 2 aromatic carbocycles.